The standard InChI is InChI=1S/C18H16BrN3O2/c1-2-11-22-18(24)15-6-4-3-5-14(15)16(21-22)17(23)20-13-9-7-12(19)8-10-13/h3-10H,2,11H2,1H3,(H,20,23). The number of carbonyl (C=O) groups is 1. The molecular formula is C18H16BrN3O2. The van der Waals surface area contributed by atoms with Crippen molar-refractivity contribution >= 4 is 38.3 Å². The van der Waals surface area contributed by atoms with Crippen LogP contribution in [0.15, 0.2) is 57.8 Å². The molecule has 0 bridgehead atoms. The van der Waals surface area contributed by atoms with Gasteiger partial charge < -0.3 is 5.32 Å². The average Bonchev–Trinajstić information content (AvgIpc) is 2.59. The van der Waals surface area contributed by atoms with Gasteiger partial charge in [0.25, 0.3) is 11.5 Å². The first-order chi connectivity index (χ1) is 11.6. The fraction of sp³-hybridized carbons (Fsp3) is 0.167. The Morgan fingerprint density at radius 2 is 1.79 bits per heavy atom. The summed E-state index contributed by atoms with van der Waals surface area (Å²) in [5.41, 5.74) is 0.747. The molecule has 3 aromatic rings. The van der Waals surface area contributed by atoms with E-state index in [4.69, 9.17) is 0 Å². The van der Waals surface area contributed by atoms with Crippen molar-refractivity contribution in [3.63, 3.8) is 0 Å². The molecule has 0 fully saturated rings. The molecule has 2 aromatic carbocycles. The molecule has 6 heteroatoms. The Hall–Kier alpha value is -2.47. The first-order valence-corrected chi connectivity index (χ1v) is 8.46. The molecule has 1 heterocycles. The number of benzene rings is 2. The van der Waals surface area contributed by atoms with Gasteiger partial charge in [-0.25, -0.2) is 4.68 Å². The van der Waals surface area contributed by atoms with Crippen LogP contribution in [0.1, 0.15) is 23.8 Å². The third kappa shape index (κ3) is 3.23. The summed E-state index contributed by atoms with van der Waals surface area (Å²) < 4.78 is 2.29. The lowest BCUT2D eigenvalue weighted by atomic mass is 10.1. The highest BCUT2D eigenvalue weighted by atomic mass is 79.9. The number of hydrogen-bond donors (Lipinski definition) is 1. The van der Waals surface area contributed by atoms with Crippen LogP contribution in [0.4, 0.5) is 5.69 Å². The predicted molar refractivity (Wildman–Crippen MR) is 98.4 cm³/mol. The van der Waals surface area contributed by atoms with E-state index in [-0.39, 0.29) is 17.2 Å². The maximum atomic E-state index is 12.7. The van der Waals surface area contributed by atoms with E-state index in [2.05, 4.69) is 26.3 Å². The Morgan fingerprint density at radius 3 is 2.46 bits per heavy atom. The summed E-state index contributed by atoms with van der Waals surface area (Å²) in [6.07, 6.45) is 0.763. The normalized spacial score (nSPS) is 10.8. The van der Waals surface area contributed by atoms with Crippen molar-refractivity contribution < 1.29 is 4.79 Å². The van der Waals surface area contributed by atoms with Gasteiger partial charge in [-0.2, -0.15) is 5.10 Å². The van der Waals surface area contributed by atoms with E-state index in [1.165, 1.54) is 4.68 Å². The smallest absolute Gasteiger partial charge is 0.276 e. The van der Waals surface area contributed by atoms with Crippen LogP contribution >= 0.6 is 15.9 Å². The number of carbonyl (C=O) groups excluding carboxylic acids is 1. The number of rotatable bonds is 4. The number of halogens is 1. The van der Waals surface area contributed by atoms with Crippen molar-refractivity contribution in [1.29, 1.82) is 0 Å². The number of aryl methyl sites for hydroxylation is 1. The minimum atomic E-state index is -0.335. The molecule has 0 spiro atoms. The fourth-order valence-electron chi connectivity index (χ4n) is 2.49. The van der Waals surface area contributed by atoms with E-state index >= 15 is 0 Å². The maximum Gasteiger partial charge on any atom is 0.276 e. The predicted octanol–water partition coefficient (Wildman–Crippen LogP) is 3.82. The monoisotopic (exact) mass is 385 g/mol. The van der Waals surface area contributed by atoms with Crippen molar-refractivity contribution in [3.8, 4) is 0 Å². The molecule has 5 nitrogen and oxygen atoms in total. The third-order valence-corrected chi connectivity index (χ3v) is 4.15. The molecule has 3 rings (SSSR count). The molecule has 122 valence electrons. The van der Waals surface area contributed by atoms with Crippen LogP contribution in [-0.4, -0.2) is 15.7 Å². The number of fused-ring (bicyclic) bond motifs is 1. The van der Waals surface area contributed by atoms with Gasteiger partial charge in [0.1, 0.15) is 0 Å². The number of hydrogen-bond acceptors (Lipinski definition) is 3. The quantitative estimate of drug-likeness (QED) is 0.742. The van der Waals surface area contributed by atoms with Gasteiger partial charge in [0.15, 0.2) is 5.69 Å². The highest BCUT2D eigenvalue weighted by Crippen LogP contribution is 2.17. The zero-order valence-electron chi connectivity index (χ0n) is 13.1. The van der Waals surface area contributed by atoms with Gasteiger partial charge in [0.2, 0.25) is 0 Å². The zero-order chi connectivity index (χ0) is 17.1. The number of anilines is 1. The lowest BCUT2D eigenvalue weighted by Gasteiger charge is -2.11. The van der Waals surface area contributed by atoms with Crippen LogP contribution in [0, 0.1) is 0 Å². The van der Waals surface area contributed by atoms with Gasteiger partial charge in [-0.05, 0) is 36.8 Å². The second kappa shape index (κ2) is 6.97. The van der Waals surface area contributed by atoms with E-state index in [1.54, 1.807) is 36.4 Å². The Balaban J connectivity index is 2.07. The Bertz CT molecular complexity index is 949. The molecule has 0 unspecified atom stereocenters. The summed E-state index contributed by atoms with van der Waals surface area (Å²) in [4.78, 5) is 25.1. The van der Waals surface area contributed by atoms with Gasteiger partial charge in [0, 0.05) is 22.1 Å². The van der Waals surface area contributed by atoms with Crippen LogP contribution in [0.25, 0.3) is 10.8 Å². The van der Waals surface area contributed by atoms with Crippen LogP contribution in [0.5, 0.6) is 0 Å². The first-order valence-electron chi connectivity index (χ1n) is 7.67. The van der Waals surface area contributed by atoms with Crippen molar-refractivity contribution in [2.45, 2.75) is 19.9 Å². The first kappa shape index (κ1) is 16.4. The van der Waals surface area contributed by atoms with Gasteiger partial charge >= 0.3 is 0 Å². The van der Waals surface area contributed by atoms with Gasteiger partial charge in [-0.15, -0.1) is 0 Å². The molecule has 24 heavy (non-hydrogen) atoms. The summed E-state index contributed by atoms with van der Waals surface area (Å²) >= 11 is 3.36. The Morgan fingerprint density at radius 1 is 1.12 bits per heavy atom. The molecule has 0 radical (unpaired) electrons. The molecule has 1 N–H and O–H groups in total. The second-order valence-corrected chi connectivity index (χ2v) is 6.30. The summed E-state index contributed by atoms with van der Waals surface area (Å²) in [7, 11) is 0. The molecule has 0 aliphatic heterocycles. The lowest BCUT2D eigenvalue weighted by Crippen LogP contribution is -2.27. The van der Waals surface area contributed by atoms with Crippen molar-refractivity contribution in [2.24, 2.45) is 0 Å². The van der Waals surface area contributed by atoms with E-state index in [0.717, 1.165) is 10.9 Å². The SMILES string of the molecule is CCCn1nc(C(=O)Nc2ccc(Br)cc2)c2ccccc2c1=O. The minimum absolute atomic E-state index is 0.173. The van der Waals surface area contributed by atoms with Crippen molar-refractivity contribution in [1.82, 2.24) is 9.78 Å². The van der Waals surface area contributed by atoms with Crippen LogP contribution in [-0.2, 0) is 6.54 Å². The number of nitrogens with zero attached hydrogens (tertiary/aromatic N) is 2. The lowest BCUT2D eigenvalue weighted by molar-refractivity contribution is 0.102. The summed E-state index contributed by atoms with van der Waals surface area (Å²) in [5, 5.41) is 8.18. The van der Waals surface area contributed by atoms with Gasteiger partial charge in [0.05, 0.1) is 5.39 Å². The number of amides is 1. The van der Waals surface area contributed by atoms with Crippen molar-refractivity contribution in [3.05, 3.63) is 69.1 Å². The Kier molecular flexibility index (Phi) is 4.76. The zero-order valence-corrected chi connectivity index (χ0v) is 14.7. The summed E-state index contributed by atoms with van der Waals surface area (Å²) in [5.74, 6) is -0.335. The summed E-state index contributed by atoms with van der Waals surface area (Å²) in [6, 6.07) is 14.3. The van der Waals surface area contributed by atoms with E-state index in [9.17, 15) is 9.59 Å². The van der Waals surface area contributed by atoms with Gasteiger partial charge in [-0.1, -0.05) is 41.1 Å². The van der Waals surface area contributed by atoms with Crippen molar-refractivity contribution in [2.75, 3.05) is 5.32 Å². The largest absolute Gasteiger partial charge is 0.321 e. The number of nitrogens with one attached hydrogen (secondary N) is 1. The van der Waals surface area contributed by atoms with E-state index in [1.807, 2.05) is 19.1 Å². The molecule has 0 aliphatic rings. The third-order valence-electron chi connectivity index (χ3n) is 3.62. The van der Waals surface area contributed by atoms with Crippen LogP contribution < -0.4 is 10.9 Å². The number of aromatic nitrogens is 2. The summed E-state index contributed by atoms with van der Waals surface area (Å²) in [6.45, 7) is 2.44. The molecule has 1 amide bonds. The highest BCUT2D eigenvalue weighted by molar-refractivity contribution is 9.10. The fourth-order valence-corrected chi connectivity index (χ4v) is 2.75. The molecule has 0 atom stereocenters. The van der Waals surface area contributed by atoms with E-state index in [0.29, 0.717) is 23.0 Å². The van der Waals surface area contributed by atoms with E-state index < -0.39 is 0 Å². The molecule has 0 saturated carbocycles. The highest BCUT2D eigenvalue weighted by Gasteiger charge is 2.16. The molecular weight excluding hydrogens is 370 g/mol. The van der Waals surface area contributed by atoms with Crippen LogP contribution in [0.2, 0.25) is 0 Å². The minimum Gasteiger partial charge on any atom is -0.321 e. The maximum absolute atomic E-state index is 12.7. The second-order valence-electron chi connectivity index (χ2n) is 5.38. The Labute approximate surface area is 147 Å². The average molecular weight is 386 g/mol. The van der Waals surface area contributed by atoms with Gasteiger partial charge in [-0.3, -0.25) is 9.59 Å². The molecule has 0 aliphatic carbocycles. The molecule has 0 saturated heterocycles. The topological polar surface area (TPSA) is 64.0 Å². The van der Waals surface area contributed by atoms with Crippen LogP contribution in [0.3, 0.4) is 0 Å². The molecule has 1 aromatic heterocycles.